The van der Waals surface area contributed by atoms with Crippen molar-refractivity contribution in [1.29, 1.82) is 0 Å². The van der Waals surface area contributed by atoms with Crippen LogP contribution in [0.25, 0.3) is 10.9 Å². The first-order valence-corrected chi connectivity index (χ1v) is 17.0. The second kappa shape index (κ2) is 13.5. The van der Waals surface area contributed by atoms with Crippen molar-refractivity contribution in [1.82, 2.24) is 13.8 Å². The number of rotatable bonds is 11. The molecule has 244 valence electrons. The molecule has 2 aromatic rings. The van der Waals surface area contributed by atoms with Gasteiger partial charge in [-0.2, -0.15) is 12.7 Å². The van der Waals surface area contributed by atoms with E-state index in [1.54, 1.807) is 31.2 Å². The molecule has 0 bridgehead atoms. The minimum Gasteiger partial charge on any atom is -0.497 e. The van der Waals surface area contributed by atoms with E-state index in [-0.39, 0.29) is 43.1 Å². The van der Waals surface area contributed by atoms with Crippen molar-refractivity contribution in [2.45, 2.75) is 57.4 Å². The van der Waals surface area contributed by atoms with Gasteiger partial charge in [0.2, 0.25) is 0 Å². The highest BCUT2D eigenvalue weighted by Crippen LogP contribution is 2.49. The lowest BCUT2D eigenvalue weighted by atomic mass is 9.75. The number of hydrogen-bond donors (Lipinski definition) is 2. The van der Waals surface area contributed by atoms with Crippen LogP contribution in [-0.4, -0.2) is 86.7 Å². The van der Waals surface area contributed by atoms with Gasteiger partial charge in [0.25, 0.3) is 16.1 Å². The summed E-state index contributed by atoms with van der Waals surface area (Å²) in [7, 11) is 0.969. The van der Waals surface area contributed by atoms with Crippen LogP contribution >= 0.6 is 0 Å². The van der Waals surface area contributed by atoms with E-state index in [2.05, 4.69) is 16.7 Å². The SMILES string of the molecule is COC1=CC2C(C)=C(C(=O)N(C)CCOCCN(C)S(N)(=O)=O)Cn3c(c(C4CCCCC4)c4ccc(C(=O)O)cc43)C2C=C1. The number of carbonyl (C=O) groups is 2. The van der Waals surface area contributed by atoms with Crippen LogP contribution in [0.2, 0.25) is 0 Å². The van der Waals surface area contributed by atoms with Crippen molar-refractivity contribution in [3.8, 4) is 0 Å². The number of aromatic carboxylic acids is 1. The number of aromatic nitrogens is 1. The van der Waals surface area contributed by atoms with E-state index in [9.17, 15) is 23.1 Å². The predicted octanol–water partition coefficient (Wildman–Crippen LogP) is 4.13. The lowest BCUT2D eigenvalue weighted by Gasteiger charge is -2.30. The number of carboxylic acid groups (broad SMARTS) is 1. The van der Waals surface area contributed by atoms with Crippen LogP contribution in [0.3, 0.4) is 0 Å². The Morgan fingerprint density at radius 3 is 2.47 bits per heavy atom. The Balaban J connectivity index is 1.53. The summed E-state index contributed by atoms with van der Waals surface area (Å²) >= 11 is 0. The van der Waals surface area contributed by atoms with E-state index in [4.69, 9.17) is 14.6 Å². The number of nitrogens with two attached hydrogens (primary N) is 1. The Bertz CT molecular complexity index is 1670. The molecule has 0 spiro atoms. The zero-order valence-corrected chi connectivity index (χ0v) is 27.3. The molecule has 2 heterocycles. The number of amides is 1. The summed E-state index contributed by atoms with van der Waals surface area (Å²) in [6.45, 7) is 3.10. The van der Waals surface area contributed by atoms with Gasteiger partial charge in [-0.15, -0.1) is 0 Å². The van der Waals surface area contributed by atoms with E-state index >= 15 is 0 Å². The molecule has 11 nitrogen and oxygen atoms in total. The molecule has 45 heavy (non-hydrogen) atoms. The van der Waals surface area contributed by atoms with Crippen LogP contribution in [0.15, 0.2) is 53.3 Å². The van der Waals surface area contributed by atoms with Gasteiger partial charge < -0.3 is 24.0 Å². The number of likely N-dealkylation sites (N-methyl/N-ethyl adjacent to an activating group) is 2. The lowest BCUT2D eigenvalue weighted by molar-refractivity contribution is -0.126. The average Bonchev–Trinajstić information content (AvgIpc) is 3.28. The summed E-state index contributed by atoms with van der Waals surface area (Å²) in [5, 5.41) is 16.1. The summed E-state index contributed by atoms with van der Waals surface area (Å²) in [6.07, 6.45) is 12.0. The third-order valence-electron chi connectivity index (χ3n) is 9.61. The molecular weight excluding hydrogens is 596 g/mol. The maximum Gasteiger partial charge on any atom is 0.335 e. The van der Waals surface area contributed by atoms with Crippen LogP contribution in [0.5, 0.6) is 0 Å². The molecule has 1 amide bonds. The highest BCUT2D eigenvalue weighted by molar-refractivity contribution is 7.86. The molecule has 0 radical (unpaired) electrons. The number of nitrogens with zero attached hydrogens (tertiary/aromatic N) is 3. The molecular formula is C33H44N4O7S. The van der Waals surface area contributed by atoms with Gasteiger partial charge in [0, 0.05) is 61.2 Å². The van der Waals surface area contributed by atoms with Gasteiger partial charge >= 0.3 is 5.97 Å². The van der Waals surface area contributed by atoms with Crippen LogP contribution in [0.1, 0.15) is 72.5 Å². The zero-order valence-electron chi connectivity index (χ0n) is 26.5. The Morgan fingerprint density at radius 2 is 1.80 bits per heavy atom. The molecule has 1 saturated carbocycles. The molecule has 2 aliphatic carbocycles. The molecule has 2 unspecified atom stereocenters. The van der Waals surface area contributed by atoms with Gasteiger partial charge in [-0.1, -0.05) is 37.0 Å². The quantitative estimate of drug-likeness (QED) is 0.352. The Labute approximate surface area is 265 Å². The maximum absolute atomic E-state index is 14.2. The fourth-order valence-corrected chi connectivity index (χ4v) is 7.33. The van der Waals surface area contributed by atoms with E-state index in [1.165, 1.54) is 19.0 Å². The summed E-state index contributed by atoms with van der Waals surface area (Å²) in [5.74, 6) is -0.181. The number of methoxy groups -OCH3 is 1. The minimum atomic E-state index is -3.78. The highest BCUT2D eigenvalue weighted by Gasteiger charge is 2.38. The lowest BCUT2D eigenvalue weighted by Crippen LogP contribution is -2.36. The molecule has 1 aliphatic heterocycles. The first-order chi connectivity index (χ1) is 21.4. The number of carboxylic acids is 1. The fourth-order valence-electron chi connectivity index (χ4n) is 7.00. The third kappa shape index (κ3) is 6.74. The smallest absolute Gasteiger partial charge is 0.335 e. The molecule has 2 atom stereocenters. The van der Waals surface area contributed by atoms with Gasteiger partial charge in [0.05, 0.1) is 32.4 Å². The minimum absolute atomic E-state index is 0.0451. The summed E-state index contributed by atoms with van der Waals surface area (Å²) in [6, 6.07) is 5.40. The normalized spacial score (nSPS) is 20.5. The molecule has 0 saturated heterocycles. The van der Waals surface area contributed by atoms with E-state index in [1.807, 2.05) is 19.1 Å². The van der Waals surface area contributed by atoms with Gasteiger partial charge in [0.1, 0.15) is 5.76 Å². The number of carbonyl (C=O) groups excluding carboxylic acids is 1. The van der Waals surface area contributed by atoms with Gasteiger partial charge in [-0.3, -0.25) is 4.79 Å². The van der Waals surface area contributed by atoms with E-state index in [0.717, 1.165) is 57.9 Å². The standard InChI is InChI=1S/C33H44N4O7S/c1-21-27-19-24(43-4)11-13-25(27)31-30(22-8-6-5-7-9-22)26-12-10-23(33(39)40)18-29(26)37(31)20-28(21)32(38)35(2)14-16-44-17-15-36(3)45(34,41)42/h10-13,18-19,22,25,27H,5-9,14-17,20H2,1-4H3,(H,39,40)(H2,34,41,42). The Morgan fingerprint density at radius 1 is 1.09 bits per heavy atom. The number of hydrogen-bond acceptors (Lipinski definition) is 6. The van der Waals surface area contributed by atoms with E-state index < -0.39 is 16.2 Å². The first-order valence-electron chi connectivity index (χ1n) is 15.5. The summed E-state index contributed by atoms with van der Waals surface area (Å²) in [4.78, 5) is 27.8. The Kier molecular flexibility index (Phi) is 9.88. The summed E-state index contributed by atoms with van der Waals surface area (Å²) in [5.41, 5.74) is 5.09. The van der Waals surface area contributed by atoms with Crippen molar-refractivity contribution in [2.24, 2.45) is 11.1 Å². The second-order valence-electron chi connectivity index (χ2n) is 12.3. The zero-order chi connectivity index (χ0) is 32.5. The number of ether oxygens (including phenoxy) is 2. The van der Waals surface area contributed by atoms with Crippen molar-refractivity contribution < 1.29 is 32.6 Å². The van der Waals surface area contributed by atoms with Crippen LogP contribution < -0.4 is 5.14 Å². The fraction of sp³-hybridized carbons (Fsp3) is 0.515. The van der Waals surface area contributed by atoms with Crippen molar-refractivity contribution in [3.63, 3.8) is 0 Å². The third-order valence-corrected chi connectivity index (χ3v) is 10.7. The molecule has 3 N–H and O–H groups in total. The maximum atomic E-state index is 14.2. The second-order valence-corrected chi connectivity index (χ2v) is 14.0. The first kappa shape index (κ1) is 32.9. The van der Waals surface area contributed by atoms with Crippen molar-refractivity contribution >= 4 is 33.0 Å². The largest absolute Gasteiger partial charge is 0.497 e. The topological polar surface area (TPSA) is 144 Å². The van der Waals surface area contributed by atoms with Gasteiger partial charge in [-0.25, -0.2) is 9.93 Å². The van der Waals surface area contributed by atoms with Crippen LogP contribution in [-0.2, 0) is 31.0 Å². The monoisotopic (exact) mass is 640 g/mol. The van der Waals surface area contributed by atoms with Crippen LogP contribution in [0.4, 0.5) is 0 Å². The van der Waals surface area contributed by atoms with Crippen LogP contribution in [0, 0.1) is 5.92 Å². The molecule has 12 heteroatoms. The van der Waals surface area contributed by atoms with Gasteiger partial charge in [-0.05, 0) is 55.5 Å². The number of allylic oxidation sites excluding steroid dienone is 4. The molecule has 1 fully saturated rings. The van der Waals surface area contributed by atoms with Gasteiger partial charge in [0.15, 0.2) is 0 Å². The van der Waals surface area contributed by atoms with Crippen molar-refractivity contribution in [3.05, 3.63) is 70.2 Å². The van der Waals surface area contributed by atoms with E-state index in [0.29, 0.717) is 24.6 Å². The molecule has 1 aromatic heterocycles. The predicted molar refractivity (Wildman–Crippen MR) is 172 cm³/mol. The number of benzene rings is 1. The number of fused-ring (bicyclic) bond motifs is 5. The highest BCUT2D eigenvalue weighted by atomic mass is 32.2. The Hall–Kier alpha value is -3.45. The molecule has 3 aliphatic rings. The average molecular weight is 641 g/mol. The van der Waals surface area contributed by atoms with Crippen molar-refractivity contribution in [2.75, 3.05) is 47.5 Å². The molecule has 1 aromatic carbocycles. The summed E-state index contributed by atoms with van der Waals surface area (Å²) < 4.78 is 37.3. The molecule has 5 rings (SSSR count).